The highest BCUT2D eigenvalue weighted by Crippen LogP contribution is 2.40. The number of carbonyl (C=O) groups is 2. The average molecular weight is 215 g/mol. The number of rotatable bonds is 2. The second-order valence-electron chi connectivity index (χ2n) is 3.17. The number of carboxylic acid groups (broad SMARTS) is 1. The number of thioether (sulfide) groups is 1. The molecule has 5 nitrogen and oxygen atoms in total. The molecule has 6 heteroatoms. The molecule has 2 aliphatic rings. The van der Waals surface area contributed by atoms with Crippen molar-refractivity contribution in [2.75, 3.05) is 6.61 Å². The first-order valence-corrected chi connectivity index (χ1v) is 5.09. The van der Waals surface area contributed by atoms with Crippen molar-refractivity contribution >= 4 is 23.6 Å². The van der Waals surface area contributed by atoms with Crippen molar-refractivity contribution in [2.24, 2.45) is 5.92 Å². The van der Waals surface area contributed by atoms with Gasteiger partial charge in [-0.15, -0.1) is 11.8 Å². The zero-order valence-corrected chi connectivity index (χ0v) is 7.98. The topological polar surface area (TPSA) is 77.8 Å². The van der Waals surface area contributed by atoms with Gasteiger partial charge < -0.3 is 15.1 Å². The lowest BCUT2D eigenvalue weighted by molar-refractivity contribution is -0.163. The Morgan fingerprint density at radius 1 is 1.64 bits per heavy atom. The molecule has 0 aromatic carbocycles. The Balaban J connectivity index is 2.20. The minimum atomic E-state index is -1.03. The highest BCUT2D eigenvalue weighted by atomic mass is 32.2. The van der Waals surface area contributed by atoms with Gasteiger partial charge in [0.1, 0.15) is 6.04 Å². The third-order valence-corrected chi connectivity index (χ3v) is 3.57. The molecule has 0 saturated carbocycles. The minimum absolute atomic E-state index is 0.210. The molecule has 1 fully saturated rings. The van der Waals surface area contributed by atoms with Crippen LogP contribution in [0, 0.1) is 5.92 Å². The predicted molar refractivity (Wildman–Crippen MR) is 49.4 cm³/mol. The molecule has 2 unspecified atom stereocenters. The molecule has 1 saturated heterocycles. The summed E-state index contributed by atoms with van der Waals surface area (Å²) in [5, 5.41) is 19.2. The smallest absolute Gasteiger partial charge is 0.330 e. The van der Waals surface area contributed by atoms with Crippen molar-refractivity contribution in [1.82, 2.24) is 4.90 Å². The zero-order chi connectivity index (χ0) is 10.3. The molecule has 1 amide bonds. The maximum atomic E-state index is 11.4. The van der Waals surface area contributed by atoms with Crippen molar-refractivity contribution in [3.05, 3.63) is 11.5 Å². The molecule has 2 N–H and O–H groups in total. The van der Waals surface area contributed by atoms with E-state index in [9.17, 15) is 9.59 Å². The number of aliphatic hydroxyl groups is 1. The number of fused-ring (bicyclic) bond motifs is 1. The summed E-state index contributed by atoms with van der Waals surface area (Å²) in [6.45, 7) is -0.215. The third-order valence-electron chi connectivity index (χ3n) is 2.42. The molecule has 0 radical (unpaired) electrons. The molecule has 2 rings (SSSR count). The molecular weight excluding hydrogens is 206 g/mol. The number of carbonyl (C=O) groups excluding carboxylic acids is 1. The van der Waals surface area contributed by atoms with Gasteiger partial charge in [-0.25, -0.2) is 4.79 Å². The summed E-state index contributed by atoms with van der Waals surface area (Å²) in [7, 11) is 0. The van der Waals surface area contributed by atoms with Crippen LogP contribution in [0.5, 0.6) is 0 Å². The summed E-state index contributed by atoms with van der Waals surface area (Å²) in [6, 6.07) is -0.864. The largest absolute Gasteiger partial charge is 0.479 e. The van der Waals surface area contributed by atoms with Crippen LogP contribution in [0.15, 0.2) is 11.5 Å². The zero-order valence-electron chi connectivity index (χ0n) is 7.16. The van der Waals surface area contributed by atoms with Gasteiger partial charge >= 0.3 is 5.97 Å². The van der Waals surface area contributed by atoms with E-state index >= 15 is 0 Å². The monoisotopic (exact) mass is 215 g/mol. The van der Waals surface area contributed by atoms with Gasteiger partial charge in [-0.05, 0) is 11.5 Å². The molecule has 0 aromatic rings. The van der Waals surface area contributed by atoms with Gasteiger partial charge in [-0.2, -0.15) is 0 Å². The molecule has 14 heavy (non-hydrogen) atoms. The Hall–Kier alpha value is -1.01. The van der Waals surface area contributed by atoms with E-state index in [1.54, 1.807) is 5.41 Å². The Kier molecular flexibility index (Phi) is 2.24. The predicted octanol–water partition coefficient (Wildman–Crippen LogP) is -0.523. The molecule has 2 aliphatic heterocycles. The van der Waals surface area contributed by atoms with Gasteiger partial charge in [0.15, 0.2) is 0 Å². The Bertz CT molecular complexity index is 316. The van der Waals surface area contributed by atoms with E-state index in [2.05, 4.69) is 0 Å². The van der Waals surface area contributed by atoms with Crippen LogP contribution in [0.25, 0.3) is 0 Å². The van der Waals surface area contributed by atoms with Crippen LogP contribution >= 0.6 is 11.8 Å². The van der Waals surface area contributed by atoms with Crippen molar-refractivity contribution in [1.29, 1.82) is 0 Å². The number of carboxylic acids is 1. The molecular formula is C8H9NO4S. The number of aliphatic hydroxyl groups excluding tert-OH is 1. The molecule has 0 aliphatic carbocycles. The third kappa shape index (κ3) is 1.14. The van der Waals surface area contributed by atoms with Gasteiger partial charge in [0.05, 0.1) is 17.9 Å². The lowest BCUT2D eigenvalue weighted by Crippen LogP contribution is -2.66. The fourth-order valence-corrected chi connectivity index (χ4v) is 2.83. The van der Waals surface area contributed by atoms with E-state index in [4.69, 9.17) is 10.2 Å². The first kappa shape index (κ1) is 9.54. The van der Waals surface area contributed by atoms with Gasteiger partial charge in [0.25, 0.3) is 0 Å². The Morgan fingerprint density at radius 3 is 2.93 bits per heavy atom. The van der Waals surface area contributed by atoms with Crippen LogP contribution in [-0.2, 0) is 9.59 Å². The quantitative estimate of drug-likeness (QED) is 0.606. The van der Waals surface area contributed by atoms with Crippen LogP contribution in [0.1, 0.15) is 0 Å². The summed E-state index contributed by atoms with van der Waals surface area (Å²) < 4.78 is 0. The van der Waals surface area contributed by atoms with Crippen LogP contribution in [0.3, 0.4) is 0 Å². The van der Waals surface area contributed by atoms with Crippen molar-refractivity contribution in [3.63, 3.8) is 0 Å². The second-order valence-corrected chi connectivity index (χ2v) is 4.20. The highest BCUT2D eigenvalue weighted by Gasteiger charge is 2.52. The van der Waals surface area contributed by atoms with Crippen molar-refractivity contribution < 1.29 is 19.8 Å². The number of nitrogens with zero attached hydrogens (tertiary/aromatic N) is 1. The van der Waals surface area contributed by atoms with Gasteiger partial charge in [-0.3, -0.25) is 4.79 Å². The highest BCUT2D eigenvalue weighted by molar-refractivity contribution is 8.02. The fraction of sp³-hybridized carbons (Fsp3) is 0.500. The normalized spacial score (nSPS) is 35.1. The maximum absolute atomic E-state index is 11.4. The van der Waals surface area contributed by atoms with Crippen molar-refractivity contribution in [2.45, 2.75) is 11.4 Å². The summed E-state index contributed by atoms with van der Waals surface area (Å²) >= 11 is 1.37. The van der Waals surface area contributed by atoms with E-state index in [0.717, 1.165) is 0 Å². The van der Waals surface area contributed by atoms with Crippen LogP contribution in [0.2, 0.25) is 0 Å². The van der Waals surface area contributed by atoms with Gasteiger partial charge in [-0.1, -0.05) is 0 Å². The number of hydrogen-bond acceptors (Lipinski definition) is 4. The van der Waals surface area contributed by atoms with E-state index < -0.39 is 17.9 Å². The summed E-state index contributed by atoms with van der Waals surface area (Å²) in [5.41, 5.74) is 0. The SMILES string of the molecule is O=C(O)C1C=CS[C@H]2C(CO)C(=O)N12. The summed E-state index contributed by atoms with van der Waals surface area (Å²) in [5.74, 6) is -1.75. The molecule has 2 heterocycles. The van der Waals surface area contributed by atoms with E-state index in [-0.39, 0.29) is 17.9 Å². The van der Waals surface area contributed by atoms with Crippen molar-refractivity contribution in [3.8, 4) is 0 Å². The lowest BCUT2D eigenvalue weighted by Gasteiger charge is -2.49. The van der Waals surface area contributed by atoms with Crippen LogP contribution < -0.4 is 0 Å². The average Bonchev–Trinajstić information content (AvgIpc) is 2.16. The summed E-state index contributed by atoms with van der Waals surface area (Å²) in [6.07, 6.45) is 1.48. The molecule has 76 valence electrons. The standard InChI is InChI=1S/C8H9NO4S/c10-3-4-6(11)9-5(8(12)13)1-2-14-7(4)9/h1-2,4-5,7,10H,3H2,(H,12,13)/t4?,5?,7-/m0/s1. The van der Waals surface area contributed by atoms with E-state index in [0.29, 0.717) is 0 Å². The first-order valence-electron chi connectivity index (χ1n) is 4.15. The first-order chi connectivity index (χ1) is 6.66. The number of β-lactam (4-membered cyclic amide) rings is 1. The van der Waals surface area contributed by atoms with E-state index in [1.165, 1.54) is 22.7 Å². The van der Waals surface area contributed by atoms with Crippen LogP contribution in [-0.4, -0.2) is 45.0 Å². The van der Waals surface area contributed by atoms with Crippen LogP contribution in [0.4, 0.5) is 0 Å². The second kappa shape index (κ2) is 3.29. The Morgan fingerprint density at radius 2 is 2.36 bits per heavy atom. The minimum Gasteiger partial charge on any atom is -0.479 e. The molecule has 3 atom stereocenters. The Labute approximate surface area is 84.4 Å². The maximum Gasteiger partial charge on any atom is 0.330 e. The van der Waals surface area contributed by atoms with Gasteiger partial charge in [0, 0.05) is 0 Å². The fourth-order valence-electron chi connectivity index (χ4n) is 1.67. The lowest BCUT2D eigenvalue weighted by atomic mass is 9.96. The number of aliphatic carboxylic acids is 1. The number of hydrogen-bond donors (Lipinski definition) is 2. The molecule has 0 bridgehead atoms. The van der Waals surface area contributed by atoms with Gasteiger partial charge in [0.2, 0.25) is 5.91 Å². The van der Waals surface area contributed by atoms with E-state index in [1.807, 2.05) is 0 Å². The summed E-state index contributed by atoms with van der Waals surface area (Å²) in [4.78, 5) is 23.5. The molecule has 0 spiro atoms. The number of amides is 1. The molecule has 0 aromatic heterocycles.